The third-order valence-electron chi connectivity index (χ3n) is 2.01. The van der Waals surface area contributed by atoms with Gasteiger partial charge >= 0.3 is 5.97 Å². The van der Waals surface area contributed by atoms with Gasteiger partial charge in [-0.2, -0.15) is 0 Å². The van der Waals surface area contributed by atoms with Gasteiger partial charge in [0.1, 0.15) is 0 Å². The molecule has 1 atom stereocenters. The smallest absolute Gasteiger partial charge is 0.313 e. The molecule has 0 fully saturated rings. The molecule has 3 heteroatoms. The maximum Gasteiger partial charge on any atom is 0.313 e. The van der Waals surface area contributed by atoms with E-state index >= 15 is 0 Å². The average molecular weight is 257 g/mol. The lowest BCUT2D eigenvalue weighted by Crippen LogP contribution is -2.13. The highest BCUT2D eigenvalue weighted by molar-refractivity contribution is 9.10. The minimum Gasteiger partial charge on any atom is -0.466 e. The highest BCUT2D eigenvalue weighted by Crippen LogP contribution is 2.25. The van der Waals surface area contributed by atoms with Crippen molar-refractivity contribution in [2.24, 2.45) is 0 Å². The van der Waals surface area contributed by atoms with E-state index < -0.39 is 0 Å². The first-order chi connectivity index (χ1) is 6.66. The number of esters is 1. The number of carbonyl (C=O) groups is 1. The van der Waals surface area contributed by atoms with Crippen molar-refractivity contribution in [2.75, 3.05) is 6.61 Å². The SMILES string of the molecule is CCOC(=O)[C@H](C)c1ccccc1Br. The van der Waals surface area contributed by atoms with Crippen LogP contribution in [0.25, 0.3) is 0 Å². The minimum absolute atomic E-state index is 0.181. The zero-order valence-electron chi connectivity index (χ0n) is 8.29. The van der Waals surface area contributed by atoms with Crippen LogP contribution in [0.4, 0.5) is 0 Å². The van der Waals surface area contributed by atoms with Crippen LogP contribution >= 0.6 is 15.9 Å². The molecule has 2 nitrogen and oxygen atoms in total. The molecule has 0 amide bonds. The second kappa shape index (κ2) is 5.15. The number of hydrogen-bond donors (Lipinski definition) is 0. The molecule has 1 aromatic carbocycles. The van der Waals surface area contributed by atoms with E-state index in [2.05, 4.69) is 15.9 Å². The molecule has 0 unspecified atom stereocenters. The van der Waals surface area contributed by atoms with Crippen LogP contribution in [-0.2, 0) is 9.53 Å². The predicted octanol–water partition coefficient (Wildman–Crippen LogP) is 3.12. The molecule has 1 rings (SSSR count). The van der Waals surface area contributed by atoms with Crippen molar-refractivity contribution in [1.29, 1.82) is 0 Å². The molecule has 76 valence electrons. The van der Waals surface area contributed by atoms with Gasteiger partial charge in [-0.1, -0.05) is 34.1 Å². The molecule has 0 heterocycles. The molecule has 0 saturated heterocycles. The van der Waals surface area contributed by atoms with Crippen molar-refractivity contribution in [3.8, 4) is 0 Å². The second-order valence-electron chi connectivity index (χ2n) is 3.00. The van der Waals surface area contributed by atoms with Crippen molar-refractivity contribution in [1.82, 2.24) is 0 Å². The van der Waals surface area contributed by atoms with Gasteiger partial charge in [-0.25, -0.2) is 0 Å². The van der Waals surface area contributed by atoms with Crippen LogP contribution in [-0.4, -0.2) is 12.6 Å². The average Bonchev–Trinajstić information content (AvgIpc) is 2.18. The second-order valence-corrected chi connectivity index (χ2v) is 3.85. The Kier molecular flexibility index (Phi) is 4.14. The minimum atomic E-state index is -0.217. The summed E-state index contributed by atoms with van der Waals surface area (Å²) in [4.78, 5) is 11.5. The lowest BCUT2D eigenvalue weighted by Gasteiger charge is -2.11. The zero-order chi connectivity index (χ0) is 10.6. The molecule has 14 heavy (non-hydrogen) atoms. The Bertz CT molecular complexity index is 323. The fourth-order valence-corrected chi connectivity index (χ4v) is 1.85. The van der Waals surface area contributed by atoms with Gasteiger partial charge in [0, 0.05) is 4.47 Å². The molecular formula is C11H13BrO2. The first-order valence-corrected chi connectivity index (χ1v) is 5.37. The first kappa shape index (κ1) is 11.2. The number of halogens is 1. The fourth-order valence-electron chi connectivity index (χ4n) is 1.22. The summed E-state index contributed by atoms with van der Waals surface area (Å²) in [7, 11) is 0. The summed E-state index contributed by atoms with van der Waals surface area (Å²) in [5.74, 6) is -0.398. The molecule has 0 spiro atoms. The highest BCUT2D eigenvalue weighted by Gasteiger charge is 2.17. The molecule has 0 N–H and O–H groups in total. The van der Waals surface area contributed by atoms with Gasteiger partial charge in [0.25, 0.3) is 0 Å². The van der Waals surface area contributed by atoms with Crippen LogP contribution in [0.1, 0.15) is 25.3 Å². The summed E-state index contributed by atoms with van der Waals surface area (Å²) >= 11 is 3.41. The van der Waals surface area contributed by atoms with Gasteiger partial charge in [-0.05, 0) is 25.5 Å². The molecule has 0 aliphatic rings. The van der Waals surface area contributed by atoms with Crippen LogP contribution in [0.15, 0.2) is 28.7 Å². The summed E-state index contributed by atoms with van der Waals surface area (Å²) in [6.45, 7) is 4.08. The van der Waals surface area contributed by atoms with Crippen molar-refractivity contribution >= 4 is 21.9 Å². The number of hydrogen-bond acceptors (Lipinski definition) is 2. The van der Waals surface area contributed by atoms with Gasteiger partial charge in [0.2, 0.25) is 0 Å². The summed E-state index contributed by atoms with van der Waals surface area (Å²) in [5, 5.41) is 0. The van der Waals surface area contributed by atoms with Gasteiger partial charge in [0.15, 0.2) is 0 Å². The van der Waals surface area contributed by atoms with Crippen LogP contribution < -0.4 is 0 Å². The standard InChI is InChI=1S/C11H13BrO2/c1-3-14-11(13)8(2)9-6-4-5-7-10(9)12/h4-8H,3H2,1-2H3/t8-/m1/s1. The van der Waals surface area contributed by atoms with Crippen molar-refractivity contribution in [3.63, 3.8) is 0 Å². The fraction of sp³-hybridized carbons (Fsp3) is 0.364. The monoisotopic (exact) mass is 256 g/mol. The molecule has 0 bridgehead atoms. The molecule has 1 aromatic rings. The van der Waals surface area contributed by atoms with E-state index in [4.69, 9.17) is 4.74 Å². The normalized spacial score (nSPS) is 12.2. The molecular weight excluding hydrogens is 244 g/mol. The van der Waals surface area contributed by atoms with Crippen LogP contribution in [0.3, 0.4) is 0 Å². The maximum absolute atomic E-state index is 11.5. The van der Waals surface area contributed by atoms with E-state index in [0.29, 0.717) is 6.61 Å². The number of ether oxygens (including phenoxy) is 1. The van der Waals surface area contributed by atoms with E-state index in [1.807, 2.05) is 38.1 Å². The summed E-state index contributed by atoms with van der Waals surface area (Å²) < 4.78 is 5.90. The Labute approximate surface area is 92.4 Å². The van der Waals surface area contributed by atoms with Crippen molar-refractivity contribution in [3.05, 3.63) is 34.3 Å². The Morgan fingerprint density at radius 1 is 1.50 bits per heavy atom. The lowest BCUT2D eigenvalue weighted by atomic mass is 10.0. The topological polar surface area (TPSA) is 26.3 Å². The van der Waals surface area contributed by atoms with Gasteiger partial charge in [0.05, 0.1) is 12.5 Å². The van der Waals surface area contributed by atoms with E-state index in [1.54, 1.807) is 0 Å². The first-order valence-electron chi connectivity index (χ1n) is 4.58. The Morgan fingerprint density at radius 3 is 2.71 bits per heavy atom. The largest absolute Gasteiger partial charge is 0.466 e. The van der Waals surface area contributed by atoms with Crippen LogP contribution in [0.5, 0.6) is 0 Å². The van der Waals surface area contributed by atoms with Crippen molar-refractivity contribution < 1.29 is 9.53 Å². The lowest BCUT2D eigenvalue weighted by molar-refractivity contribution is -0.144. The predicted molar refractivity (Wildman–Crippen MR) is 59.2 cm³/mol. The van der Waals surface area contributed by atoms with Crippen LogP contribution in [0.2, 0.25) is 0 Å². The van der Waals surface area contributed by atoms with E-state index in [-0.39, 0.29) is 11.9 Å². The zero-order valence-corrected chi connectivity index (χ0v) is 9.87. The van der Waals surface area contributed by atoms with Gasteiger partial charge in [-0.15, -0.1) is 0 Å². The summed E-state index contributed by atoms with van der Waals surface area (Å²) in [5.41, 5.74) is 0.964. The van der Waals surface area contributed by atoms with Crippen molar-refractivity contribution in [2.45, 2.75) is 19.8 Å². The number of carbonyl (C=O) groups excluding carboxylic acids is 1. The van der Waals surface area contributed by atoms with E-state index in [0.717, 1.165) is 10.0 Å². The molecule has 0 saturated carbocycles. The quantitative estimate of drug-likeness (QED) is 0.777. The van der Waals surface area contributed by atoms with Gasteiger partial charge in [-0.3, -0.25) is 4.79 Å². The Balaban J connectivity index is 2.84. The molecule has 0 aliphatic heterocycles. The summed E-state index contributed by atoms with van der Waals surface area (Å²) in [6.07, 6.45) is 0. The van der Waals surface area contributed by atoms with E-state index in [1.165, 1.54) is 0 Å². The number of rotatable bonds is 3. The van der Waals surface area contributed by atoms with E-state index in [9.17, 15) is 4.79 Å². The molecule has 0 aromatic heterocycles. The number of benzene rings is 1. The third-order valence-corrected chi connectivity index (χ3v) is 2.73. The summed E-state index contributed by atoms with van der Waals surface area (Å²) in [6, 6.07) is 7.68. The highest BCUT2D eigenvalue weighted by atomic mass is 79.9. The molecule has 0 radical (unpaired) electrons. The Morgan fingerprint density at radius 2 is 2.14 bits per heavy atom. The molecule has 0 aliphatic carbocycles. The van der Waals surface area contributed by atoms with Gasteiger partial charge < -0.3 is 4.74 Å². The maximum atomic E-state index is 11.5. The Hall–Kier alpha value is -0.830. The van der Waals surface area contributed by atoms with Crippen LogP contribution in [0, 0.1) is 0 Å². The third kappa shape index (κ3) is 2.58.